The minimum Gasteiger partial charge on any atom is -0.493 e. The molecule has 0 aromatic heterocycles. The molecule has 0 fully saturated rings. The number of carbonyl (C=O) groups excluding carboxylic acids is 3. The van der Waals surface area contributed by atoms with Crippen LogP contribution in [0.5, 0.6) is 28.7 Å². The number of nitrogens with one attached hydrogen (secondary N) is 3. The second kappa shape index (κ2) is 17.3. The minimum absolute atomic E-state index is 0.0112. The van der Waals surface area contributed by atoms with E-state index in [1.165, 1.54) is 39.2 Å². The van der Waals surface area contributed by atoms with E-state index in [4.69, 9.17) is 18.9 Å². The van der Waals surface area contributed by atoms with Gasteiger partial charge >= 0.3 is 0 Å². The van der Waals surface area contributed by atoms with Crippen LogP contribution in [0.2, 0.25) is 0 Å². The van der Waals surface area contributed by atoms with Crippen molar-refractivity contribution in [2.75, 3.05) is 37.7 Å². The van der Waals surface area contributed by atoms with Gasteiger partial charge in [-0.25, -0.2) is 0 Å². The number of carbonyl (C=O) groups is 3. The lowest BCUT2D eigenvalue weighted by Gasteiger charge is -2.15. The largest absolute Gasteiger partial charge is 0.493 e. The molecular formula is C39H35N3O7S. The summed E-state index contributed by atoms with van der Waals surface area (Å²) in [7, 11) is 4.48. The zero-order chi connectivity index (χ0) is 35.3. The molecule has 0 spiro atoms. The van der Waals surface area contributed by atoms with Crippen molar-refractivity contribution in [2.24, 2.45) is 0 Å². The third kappa shape index (κ3) is 9.68. The van der Waals surface area contributed by atoms with Crippen LogP contribution in [0.15, 0.2) is 132 Å². The van der Waals surface area contributed by atoms with Crippen molar-refractivity contribution in [3.63, 3.8) is 0 Å². The van der Waals surface area contributed by atoms with E-state index in [-0.39, 0.29) is 17.4 Å². The first-order valence-corrected chi connectivity index (χ1v) is 16.4. The SMILES string of the molecule is COc1cc(/C=C(\NC(=O)c2ccccc2)C(=O)Nc2ccc(SCC(=O)Nc3ccc(Oc4ccccc4)cc3)cc2)cc(OC)c1OC. The van der Waals surface area contributed by atoms with Crippen molar-refractivity contribution in [1.29, 1.82) is 0 Å². The van der Waals surface area contributed by atoms with Crippen LogP contribution in [0, 0.1) is 0 Å². The van der Waals surface area contributed by atoms with E-state index >= 15 is 0 Å². The molecule has 0 saturated carbocycles. The molecule has 10 nitrogen and oxygen atoms in total. The molecule has 0 saturated heterocycles. The number of hydrogen-bond acceptors (Lipinski definition) is 8. The second-order valence-corrected chi connectivity index (χ2v) is 11.6. The Labute approximate surface area is 294 Å². The first-order valence-electron chi connectivity index (χ1n) is 15.4. The summed E-state index contributed by atoms with van der Waals surface area (Å²) in [6.45, 7) is 0. The number of hydrogen-bond donors (Lipinski definition) is 3. The van der Waals surface area contributed by atoms with Gasteiger partial charge in [-0.05, 0) is 96.6 Å². The highest BCUT2D eigenvalue weighted by Crippen LogP contribution is 2.38. The summed E-state index contributed by atoms with van der Waals surface area (Å²) in [5.74, 6) is 1.57. The van der Waals surface area contributed by atoms with Crippen LogP contribution in [-0.2, 0) is 9.59 Å². The fourth-order valence-corrected chi connectivity index (χ4v) is 5.40. The van der Waals surface area contributed by atoms with Crippen LogP contribution in [0.1, 0.15) is 15.9 Å². The molecule has 254 valence electrons. The van der Waals surface area contributed by atoms with Gasteiger partial charge in [0.2, 0.25) is 11.7 Å². The Morgan fingerprint density at radius 2 is 1.22 bits per heavy atom. The predicted molar refractivity (Wildman–Crippen MR) is 195 cm³/mol. The molecular weight excluding hydrogens is 655 g/mol. The lowest BCUT2D eigenvalue weighted by molar-refractivity contribution is -0.114. The molecule has 5 aromatic carbocycles. The van der Waals surface area contributed by atoms with E-state index in [2.05, 4.69) is 16.0 Å². The van der Waals surface area contributed by atoms with E-state index in [0.29, 0.717) is 45.5 Å². The van der Waals surface area contributed by atoms with Gasteiger partial charge in [0.15, 0.2) is 11.5 Å². The Balaban J connectivity index is 1.22. The summed E-state index contributed by atoms with van der Waals surface area (Å²) in [4.78, 5) is 40.1. The van der Waals surface area contributed by atoms with Gasteiger partial charge in [-0.2, -0.15) is 0 Å². The van der Waals surface area contributed by atoms with E-state index in [0.717, 1.165) is 10.6 Å². The predicted octanol–water partition coefficient (Wildman–Crippen LogP) is 7.65. The van der Waals surface area contributed by atoms with Gasteiger partial charge in [0.05, 0.1) is 27.1 Å². The van der Waals surface area contributed by atoms with E-state index < -0.39 is 11.8 Å². The Bertz CT molecular complexity index is 1930. The molecule has 50 heavy (non-hydrogen) atoms. The Kier molecular flexibility index (Phi) is 12.1. The molecule has 0 unspecified atom stereocenters. The molecule has 5 rings (SSSR count). The third-order valence-electron chi connectivity index (χ3n) is 7.13. The monoisotopic (exact) mass is 689 g/mol. The standard InChI is InChI=1S/C39H35N3O7S/c1-46-34-23-26(24-35(47-2)37(34)48-3)22-33(42-38(44)27-10-6-4-7-11-27)39(45)41-29-16-20-32(21-17-29)50-25-36(43)40-28-14-18-31(19-15-28)49-30-12-8-5-9-13-30/h4-24H,25H2,1-3H3,(H,40,43)(H,41,45)(H,42,44)/b33-22-. The molecule has 3 N–H and O–H groups in total. The molecule has 0 heterocycles. The van der Waals surface area contributed by atoms with Gasteiger partial charge in [-0.3, -0.25) is 14.4 Å². The summed E-state index contributed by atoms with van der Waals surface area (Å²) in [6.07, 6.45) is 1.52. The Hall–Kier alpha value is -6.20. The van der Waals surface area contributed by atoms with Gasteiger partial charge in [0, 0.05) is 21.8 Å². The molecule has 0 aliphatic rings. The van der Waals surface area contributed by atoms with E-state index in [1.54, 1.807) is 91.0 Å². The molecule has 0 aliphatic carbocycles. The van der Waals surface area contributed by atoms with E-state index in [1.807, 2.05) is 30.3 Å². The van der Waals surface area contributed by atoms with Crippen molar-refractivity contribution in [2.45, 2.75) is 4.90 Å². The number of methoxy groups -OCH3 is 3. The number of anilines is 2. The van der Waals surface area contributed by atoms with Crippen LogP contribution >= 0.6 is 11.8 Å². The van der Waals surface area contributed by atoms with Crippen LogP contribution in [0.25, 0.3) is 6.08 Å². The smallest absolute Gasteiger partial charge is 0.272 e. The zero-order valence-corrected chi connectivity index (χ0v) is 28.4. The summed E-state index contributed by atoms with van der Waals surface area (Å²) in [5.41, 5.74) is 2.05. The van der Waals surface area contributed by atoms with Crippen molar-refractivity contribution in [1.82, 2.24) is 5.32 Å². The highest BCUT2D eigenvalue weighted by atomic mass is 32.2. The van der Waals surface area contributed by atoms with Crippen LogP contribution in [-0.4, -0.2) is 44.8 Å². The number of amides is 3. The Morgan fingerprint density at radius 1 is 0.660 bits per heavy atom. The number of rotatable bonds is 14. The molecule has 3 amide bonds. The summed E-state index contributed by atoms with van der Waals surface area (Å²) >= 11 is 1.35. The highest BCUT2D eigenvalue weighted by Gasteiger charge is 2.18. The third-order valence-corrected chi connectivity index (χ3v) is 8.14. The van der Waals surface area contributed by atoms with Crippen molar-refractivity contribution in [3.05, 3.63) is 138 Å². The van der Waals surface area contributed by atoms with Gasteiger partial charge in [-0.15, -0.1) is 11.8 Å². The molecule has 0 atom stereocenters. The summed E-state index contributed by atoms with van der Waals surface area (Å²) in [6, 6.07) is 35.6. The normalized spacial score (nSPS) is 10.8. The average Bonchev–Trinajstić information content (AvgIpc) is 3.15. The maximum atomic E-state index is 13.6. The van der Waals surface area contributed by atoms with E-state index in [9.17, 15) is 14.4 Å². The van der Waals surface area contributed by atoms with Crippen LogP contribution in [0.3, 0.4) is 0 Å². The lowest BCUT2D eigenvalue weighted by Crippen LogP contribution is -2.30. The van der Waals surface area contributed by atoms with Gasteiger partial charge in [0.25, 0.3) is 11.8 Å². The Morgan fingerprint density at radius 3 is 1.82 bits per heavy atom. The molecule has 0 aliphatic heterocycles. The van der Waals surface area contributed by atoms with Crippen molar-refractivity contribution < 1.29 is 33.3 Å². The lowest BCUT2D eigenvalue weighted by atomic mass is 10.1. The summed E-state index contributed by atoms with van der Waals surface area (Å²) < 4.78 is 22.1. The fourth-order valence-electron chi connectivity index (χ4n) is 4.70. The van der Waals surface area contributed by atoms with Gasteiger partial charge < -0.3 is 34.9 Å². The fraction of sp³-hybridized carbons (Fsp3) is 0.103. The van der Waals surface area contributed by atoms with Crippen molar-refractivity contribution >= 4 is 46.9 Å². The molecule has 5 aromatic rings. The number of para-hydroxylation sites is 1. The number of thioether (sulfide) groups is 1. The number of benzene rings is 5. The van der Waals surface area contributed by atoms with Gasteiger partial charge in [0.1, 0.15) is 17.2 Å². The number of ether oxygens (including phenoxy) is 4. The highest BCUT2D eigenvalue weighted by molar-refractivity contribution is 8.00. The summed E-state index contributed by atoms with van der Waals surface area (Å²) in [5, 5.41) is 8.45. The zero-order valence-electron chi connectivity index (χ0n) is 27.6. The maximum absolute atomic E-state index is 13.6. The first-order chi connectivity index (χ1) is 24.3. The maximum Gasteiger partial charge on any atom is 0.272 e. The van der Waals surface area contributed by atoms with Crippen molar-refractivity contribution in [3.8, 4) is 28.7 Å². The molecule has 0 radical (unpaired) electrons. The average molecular weight is 690 g/mol. The van der Waals surface area contributed by atoms with Crippen LogP contribution < -0.4 is 34.9 Å². The second-order valence-electron chi connectivity index (χ2n) is 10.6. The van der Waals surface area contributed by atoms with Gasteiger partial charge in [-0.1, -0.05) is 36.4 Å². The quantitative estimate of drug-likeness (QED) is 0.0803. The minimum atomic E-state index is -0.553. The molecule has 11 heteroatoms. The topological polar surface area (TPSA) is 124 Å². The molecule has 0 bridgehead atoms. The first kappa shape index (κ1) is 35.1. The van der Waals surface area contributed by atoms with Crippen LogP contribution in [0.4, 0.5) is 11.4 Å².